The first kappa shape index (κ1) is 33.2. The van der Waals surface area contributed by atoms with Crippen LogP contribution in [-0.2, 0) is 0 Å². The summed E-state index contributed by atoms with van der Waals surface area (Å²) in [6, 6.07) is 71.7. The number of fused-ring (bicyclic) bond motifs is 17. The van der Waals surface area contributed by atoms with Crippen LogP contribution in [0.15, 0.2) is 203 Å². The average molecular weight is 809 g/mol. The van der Waals surface area contributed by atoms with Crippen molar-refractivity contribution in [2.75, 3.05) is 0 Å². The fraction of sp³-hybridized carbons (Fsp3) is 0. The predicted octanol–water partition coefficient (Wildman–Crippen LogP) is 17.9. The van der Waals surface area contributed by atoms with Crippen molar-refractivity contribution in [2.24, 2.45) is 0 Å². The Labute approximate surface area is 365 Å². The first-order valence-electron chi connectivity index (χ1n) is 22.2. The molecule has 14 aromatic rings. The van der Waals surface area contributed by atoms with Gasteiger partial charge in [-0.3, -0.25) is 0 Å². The van der Waals surface area contributed by atoms with Gasteiger partial charge in [-0.1, -0.05) is 170 Å². The van der Waals surface area contributed by atoms with E-state index in [-0.39, 0.29) is 0 Å². The molecule has 0 atom stereocenters. The SMILES string of the molecule is c1cc2c3c(cccc3c1)-c1c-2cc2c(ccc3c4cc5c(c(-c6cccc7c6oc6ccccc67)c4ccc23)-c2cccc3cccc-5c23)c1-c1cccc2c1oc1ccccc12. The Balaban J connectivity index is 1.07. The summed E-state index contributed by atoms with van der Waals surface area (Å²) >= 11 is 0. The first-order valence-corrected chi connectivity index (χ1v) is 22.2. The lowest BCUT2D eigenvalue weighted by Crippen LogP contribution is -1.92. The number of hydrogen-bond acceptors (Lipinski definition) is 2. The van der Waals surface area contributed by atoms with E-state index < -0.39 is 0 Å². The van der Waals surface area contributed by atoms with E-state index in [2.05, 4.69) is 194 Å². The first-order chi connectivity index (χ1) is 31.8. The molecule has 2 heterocycles. The zero-order valence-corrected chi connectivity index (χ0v) is 34.3. The molecule has 2 aliphatic carbocycles. The van der Waals surface area contributed by atoms with Crippen LogP contribution in [0.1, 0.15) is 0 Å². The Morgan fingerprint density at radius 2 is 0.594 bits per heavy atom. The summed E-state index contributed by atoms with van der Waals surface area (Å²) in [6.45, 7) is 0. The average Bonchev–Trinajstić information content (AvgIpc) is 4.10. The molecule has 0 fully saturated rings. The Kier molecular flexibility index (Phi) is 6.08. The summed E-state index contributed by atoms with van der Waals surface area (Å²) in [4.78, 5) is 0. The molecule has 64 heavy (non-hydrogen) atoms. The molecule has 0 bridgehead atoms. The van der Waals surface area contributed by atoms with Crippen molar-refractivity contribution in [1.29, 1.82) is 0 Å². The molecule has 0 radical (unpaired) electrons. The van der Waals surface area contributed by atoms with Gasteiger partial charge in [0.2, 0.25) is 0 Å². The largest absolute Gasteiger partial charge is 0.455 e. The van der Waals surface area contributed by atoms with Crippen molar-refractivity contribution in [3.8, 4) is 66.8 Å². The standard InChI is InChI=1S/C62H32O2/c1-3-25-53-37(15-1)43-19-9-23-47(61(43)63-53)57-41-29-27-36-35(49(41)31-51-39-17-5-11-33-13-7-21-45(55(33)39)59(51)57)28-30-42-50(36)32-52-40-18-6-12-34-14-8-22-46(56(34)40)60(52)58(42)48-24-10-20-44-38-16-2-4-26-54(38)64-62(44)48/h1-32H. The predicted molar refractivity (Wildman–Crippen MR) is 268 cm³/mol. The number of hydrogen-bond donors (Lipinski definition) is 0. The van der Waals surface area contributed by atoms with E-state index in [0.29, 0.717) is 0 Å². The Hall–Kier alpha value is -8.46. The number of benzene rings is 12. The molecular weight excluding hydrogens is 777 g/mol. The normalized spacial score (nSPS) is 12.7. The minimum Gasteiger partial charge on any atom is -0.455 e. The van der Waals surface area contributed by atoms with Crippen LogP contribution in [0.3, 0.4) is 0 Å². The maximum absolute atomic E-state index is 6.83. The van der Waals surface area contributed by atoms with E-state index in [1.54, 1.807) is 0 Å². The summed E-state index contributed by atoms with van der Waals surface area (Å²) in [6.07, 6.45) is 0. The minimum absolute atomic E-state index is 0.906. The molecule has 2 aliphatic rings. The third-order valence-electron chi connectivity index (χ3n) is 14.7. The monoisotopic (exact) mass is 808 g/mol. The summed E-state index contributed by atoms with van der Waals surface area (Å²) in [7, 11) is 0. The van der Waals surface area contributed by atoms with Crippen LogP contribution < -0.4 is 0 Å². The number of rotatable bonds is 2. The minimum atomic E-state index is 0.906. The highest BCUT2D eigenvalue weighted by atomic mass is 16.3. The van der Waals surface area contributed by atoms with E-state index in [4.69, 9.17) is 8.83 Å². The third kappa shape index (κ3) is 4.03. The topological polar surface area (TPSA) is 26.3 Å². The Morgan fingerprint density at radius 3 is 1.06 bits per heavy atom. The van der Waals surface area contributed by atoms with Crippen LogP contribution in [-0.4, -0.2) is 0 Å². The molecule has 2 aromatic heterocycles. The van der Waals surface area contributed by atoms with E-state index in [1.807, 2.05) is 0 Å². The van der Waals surface area contributed by atoms with Gasteiger partial charge < -0.3 is 8.83 Å². The maximum atomic E-state index is 6.83. The lowest BCUT2D eigenvalue weighted by atomic mass is 9.83. The van der Waals surface area contributed by atoms with Crippen molar-refractivity contribution in [2.45, 2.75) is 0 Å². The van der Waals surface area contributed by atoms with Crippen LogP contribution in [0.5, 0.6) is 0 Å². The molecule has 0 saturated heterocycles. The summed E-state index contributed by atoms with van der Waals surface area (Å²) in [5.41, 5.74) is 18.5. The van der Waals surface area contributed by atoms with E-state index in [1.165, 1.54) is 109 Å². The van der Waals surface area contributed by atoms with Crippen LogP contribution in [0.2, 0.25) is 0 Å². The zero-order chi connectivity index (χ0) is 41.4. The summed E-state index contributed by atoms with van der Waals surface area (Å²) in [5.74, 6) is 0. The molecule has 292 valence electrons. The van der Waals surface area contributed by atoms with Crippen molar-refractivity contribution in [3.05, 3.63) is 194 Å². The number of furan rings is 2. The van der Waals surface area contributed by atoms with Crippen LogP contribution in [0, 0.1) is 0 Å². The van der Waals surface area contributed by atoms with Crippen molar-refractivity contribution >= 4 is 97.7 Å². The zero-order valence-electron chi connectivity index (χ0n) is 34.3. The third-order valence-corrected chi connectivity index (χ3v) is 14.7. The van der Waals surface area contributed by atoms with Gasteiger partial charge in [-0.05, 0) is 123 Å². The molecule has 0 aliphatic heterocycles. The van der Waals surface area contributed by atoms with Gasteiger partial charge in [-0.15, -0.1) is 0 Å². The molecule has 0 spiro atoms. The molecule has 2 heteroatoms. The number of para-hydroxylation sites is 4. The summed E-state index contributed by atoms with van der Waals surface area (Å²) in [5, 5.41) is 17.1. The van der Waals surface area contributed by atoms with Crippen molar-refractivity contribution in [1.82, 2.24) is 0 Å². The van der Waals surface area contributed by atoms with E-state index in [9.17, 15) is 0 Å². The van der Waals surface area contributed by atoms with E-state index in [0.717, 1.165) is 55.0 Å². The van der Waals surface area contributed by atoms with Gasteiger partial charge in [0.05, 0.1) is 0 Å². The van der Waals surface area contributed by atoms with Gasteiger partial charge in [0.15, 0.2) is 0 Å². The molecule has 0 saturated carbocycles. The van der Waals surface area contributed by atoms with Crippen molar-refractivity contribution < 1.29 is 8.83 Å². The quantitative estimate of drug-likeness (QED) is 0.163. The van der Waals surface area contributed by atoms with Gasteiger partial charge in [0, 0.05) is 43.8 Å². The van der Waals surface area contributed by atoms with Gasteiger partial charge in [0.25, 0.3) is 0 Å². The summed E-state index contributed by atoms with van der Waals surface area (Å²) < 4.78 is 13.7. The fourth-order valence-electron chi connectivity index (χ4n) is 12.2. The fourth-order valence-corrected chi connectivity index (χ4v) is 12.2. The molecule has 0 N–H and O–H groups in total. The highest BCUT2D eigenvalue weighted by Crippen LogP contribution is 2.58. The van der Waals surface area contributed by atoms with Gasteiger partial charge >= 0.3 is 0 Å². The van der Waals surface area contributed by atoms with Crippen LogP contribution in [0.4, 0.5) is 0 Å². The van der Waals surface area contributed by atoms with Crippen LogP contribution >= 0.6 is 0 Å². The second kappa shape index (κ2) is 11.7. The van der Waals surface area contributed by atoms with Gasteiger partial charge in [-0.25, -0.2) is 0 Å². The highest BCUT2D eigenvalue weighted by Gasteiger charge is 2.31. The lowest BCUT2D eigenvalue weighted by Gasteiger charge is -2.19. The molecular formula is C62H32O2. The lowest BCUT2D eigenvalue weighted by molar-refractivity contribution is 0.669. The van der Waals surface area contributed by atoms with Crippen molar-refractivity contribution in [3.63, 3.8) is 0 Å². The molecule has 0 unspecified atom stereocenters. The second-order valence-corrected chi connectivity index (χ2v) is 17.7. The Bertz CT molecular complexity index is 4180. The Morgan fingerprint density at radius 1 is 0.219 bits per heavy atom. The molecule has 0 amide bonds. The smallest absolute Gasteiger partial charge is 0.143 e. The van der Waals surface area contributed by atoms with E-state index >= 15 is 0 Å². The molecule has 12 aromatic carbocycles. The van der Waals surface area contributed by atoms with Gasteiger partial charge in [-0.2, -0.15) is 0 Å². The second-order valence-electron chi connectivity index (χ2n) is 17.7. The van der Waals surface area contributed by atoms with Crippen LogP contribution in [0.25, 0.3) is 165 Å². The molecule has 16 rings (SSSR count). The highest BCUT2D eigenvalue weighted by molar-refractivity contribution is 6.32. The maximum Gasteiger partial charge on any atom is 0.143 e. The van der Waals surface area contributed by atoms with Gasteiger partial charge in [0.1, 0.15) is 22.3 Å². The molecule has 2 nitrogen and oxygen atoms in total.